The van der Waals surface area contributed by atoms with Gasteiger partial charge in [0, 0.05) is 16.5 Å². The van der Waals surface area contributed by atoms with Gasteiger partial charge in [-0.1, -0.05) is 146 Å². The average Bonchev–Trinajstić information content (AvgIpc) is 3.92. The summed E-state index contributed by atoms with van der Waals surface area (Å²) in [6, 6.07) is 73.9. The zero-order valence-electron chi connectivity index (χ0n) is 32.4. The lowest BCUT2D eigenvalue weighted by Crippen LogP contribution is -2.26. The highest BCUT2D eigenvalue weighted by molar-refractivity contribution is 6.11. The maximum absolute atomic E-state index is 10.2. The van der Waals surface area contributed by atoms with Gasteiger partial charge < -0.3 is 4.57 Å². The van der Waals surface area contributed by atoms with Crippen LogP contribution in [0.1, 0.15) is 27.8 Å². The lowest BCUT2D eigenvalue weighted by Gasteiger charge is -2.31. The van der Waals surface area contributed by atoms with Crippen molar-refractivity contribution in [3.63, 3.8) is 0 Å². The van der Waals surface area contributed by atoms with Crippen molar-refractivity contribution in [3.8, 4) is 67.4 Å². The zero-order chi connectivity index (χ0) is 40.0. The topological polar surface area (TPSA) is 33.1 Å². The highest BCUT2D eigenvalue weighted by Crippen LogP contribution is 2.63. The molecule has 9 aromatic carbocycles. The summed E-state index contributed by atoms with van der Waals surface area (Å²) < 4.78 is 2.41. The summed E-state index contributed by atoms with van der Waals surface area (Å²) in [5.74, 6) is 0. The summed E-state index contributed by atoms with van der Waals surface area (Å²) in [6.07, 6.45) is 0. The first kappa shape index (κ1) is 33.9. The van der Waals surface area contributed by atoms with Crippen molar-refractivity contribution < 1.29 is 0 Å². The molecule has 0 amide bonds. The fraction of sp³-hybridized carbons (Fsp3) is 0.0175. The maximum atomic E-state index is 10.2. The number of benzene rings is 9. The van der Waals surface area contributed by atoms with Crippen molar-refractivity contribution >= 4 is 27.5 Å². The lowest BCUT2D eigenvalue weighted by atomic mass is 9.70. The lowest BCUT2D eigenvalue weighted by molar-refractivity contribution is 0.794. The standard InChI is InChI=1S/C57H33N3/c1-59-43-23-26-48-46-24-20-36(35-58)28-52(46)57(54(48)34-43)51-18-10-8-16-45(51)47-25-21-40(33-53(47)57)39-22-27-56-50(32-39)49-17-9-11-19-55(49)60(56)44-30-41(37-12-4-2-5-13-37)29-42(31-44)38-14-6-3-7-15-38/h2-34H. The van der Waals surface area contributed by atoms with Gasteiger partial charge in [0.25, 0.3) is 0 Å². The molecule has 0 radical (unpaired) electrons. The Hall–Kier alpha value is -8.24. The molecule has 60 heavy (non-hydrogen) atoms. The number of rotatable bonds is 4. The third kappa shape index (κ3) is 4.75. The van der Waals surface area contributed by atoms with Crippen LogP contribution in [0.2, 0.25) is 0 Å². The van der Waals surface area contributed by atoms with Gasteiger partial charge >= 0.3 is 0 Å². The van der Waals surface area contributed by atoms with Crippen molar-refractivity contribution in [1.82, 2.24) is 4.57 Å². The molecule has 0 saturated carbocycles. The van der Waals surface area contributed by atoms with E-state index in [0.717, 1.165) is 50.1 Å². The molecule has 0 fully saturated rings. The molecular formula is C57H33N3. The predicted molar refractivity (Wildman–Crippen MR) is 244 cm³/mol. The van der Waals surface area contributed by atoms with E-state index in [1.54, 1.807) is 0 Å². The summed E-state index contributed by atoms with van der Waals surface area (Å²) in [5, 5.41) is 12.5. The summed E-state index contributed by atoms with van der Waals surface area (Å²) in [6.45, 7) is 7.99. The Balaban J connectivity index is 1.08. The fourth-order valence-corrected chi connectivity index (χ4v) is 10.3. The first-order valence-electron chi connectivity index (χ1n) is 20.3. The third-order valence-electron chi connectivity index (χ3n) is 12.8. The normalized spacial score (nSPS) is 14.4. The van der Waals surface area contributed by atoms with Crippen LogP contribution in [0.4, 0.5) is 5.69 Å². The number of aromatic nitrogens is 1. The van der Waals surface area contributed by atoms with E-state index in [1.165, 1.54) is 55.3 Å². The second-order valence-electron chi connectivity index (χ2n) is 15.9. The number of nitriles is 1. The number of fused-ring (bicyclic) bond motifs is 13. The Morgan fingerprint density at radius 2 is 0.983 bits per heavy atom. The van der Waals surface area contributed by atoms with Crippen LogP contribution in [-0.2, 0) is 5.41 Å². The molecule has 1 atom stereocenters. The number of nitrogens with zero attached hydrogens (tertiary/aromatic N) is 3. The fourth-order valence-electron chi connectivity index (χ4n) is 10.3. The molecule has 10 aromatic rings. The van der Waals surface area contributed by atoms with Gasteiger partial charge in [0.2, 0.25) is 0 Å². The molecule has 3 heteroatoms. The van der Waals surface area contributed by atoms with E-state index in [1.807, 2.05) is 12.1 Å². The second-order valence-corrected chi connectivity index (χ2v) is 15.9. The monoisotopic (exact) mass is 759 g/mol. The molecule has 276 valence electrons. The largest absolute Gasteiger partial charge is 0.309 e. The van der Waals surface area contributed by atoms with Gasteiger partial charge in [-0.15, -0.1) is 0 Å². The van der Waals surface area contributed by atoms with E-state index in [4.69, 9.17) is 6.57 Å². The van der Waals surface area contributed by atoms with Crippen molar-refractivity contribution in [2.24, 2.45) is 0 Å². The predicted octanol–water partition coefficient (Wildman–Crippen LogP) is 14.6. The van der Waals surface area contributed by atoms with Crippen molar-refractivity contribution in [2.75, 3.05) is 0 Å². The molecule has 12 rings (SSSR count). The molecule has 0 bridgehead atoms. The summed E-state index contributed by atoms with van der Waals surface area (Å²) >= 11 is 0. The first-order chi connectivity index (χ1) is 29.6. The van der Waals surface area contributed by atoms with Gasteiger partial charge in [-0.3, -0.25) is 0 Å². The summed E-state index contributed by atoms with van der Waals surface area (Å²) in [7, 11) is 0. The molecule has 0 saturated heterocycles. The minimum atomic E-state index is -0.680. The number of hydrogen-bond acceptors (Lipinski definition) is 1. The van der Waals surface area contributed by atoms with Crippen LogP contribution in [0.25, 0.3) is 88.0 Å². The second kappa shape index (κ2) is 12.9. The van der Waals surface area contributed by atoms with Crippen molar-refractivity contribution in [2.45, 2.75) is 5.41 Å². The van der Waals surface area contributed by atoms with E-state index >= 15 is 0 Å². The van der Waals surface area contributed by atoms with Gasteiger partial charge in [-0.2, -0.15) is 5.26 Å². The molecule has 2 aliphatic rings. The van der Waals surface area contributed by atoms with Crippen LogP contribution < -0.4 is 0 Å². The number of para-hydroxylation sites is 1. The molecule has 1 spiro atoms. The van der Waals surface area contributed by atoms with Gasteiger partial charge in [0.1, 0.15) is 0 Å². The van der Waals surface area contributed by atoms with Crippen LogP contribution in [0.5, 0.6) is 0 Å². The minimum absolute atomic E-state index is 0.607. The SMILES string of the molecule is [C-]#[N+]c1ccc2c(c1)C1(c3ccccc3-c3ccc(-c4ccc5c(c4)c4ccccc4n5-c4cc(-c5ccccc5)cc(-c5ccccc5)c4)cc31)c1cc(C#N)ccc1-2. The Morgan fingerprint density at radius 1 is 0.417 bits per heavy atom. The molecular weight excluding hydrogens is 727 g/mol. The molecule has 2 aliphatic carbocycles. The van der Waals surface area contributed by atoms with E-state index < -0.39 is 5.41 Å². The van der Waals surface area contributed by atoms with Gasteiger partial charge in [-0.25, -0.2) is 4.85 Å². The average molecular weight is 760 g/mol. The van der Waals surface area contributed by atoms with Crippen molar-refractivity contribution in [3.05, 3.63) is 239 Å². The van der Waals surface area contributed by atoms with Crippen LogP contribution in [0.15, 0.2) is 200 Å². The smallest absolute Gasteiger partial charge is 0.187 e. The van der Waals surface area contributed by atoms with E-state index in [-0.39, 0.29) is 0 Å². The van der Waals surface area contributed by atoms with Crippen LogP contribution in [-0.4, -0.2) is 4.57 Å². The molecule has 1 heterocycles. The van der Waals surface area contributed by atoms with Crippen LogP contribution in [0.3, 0.4) is 0 Å². The van der Waals surface area contributed by atoms with E-state index in [2.05, 4.69) is 204 Å². The molecule has 1 unspecified atom stereocenters. The molecule has 1 aromatic heterocycles. The first-order valence-corrected chi connectivity index (χ1v) is 20.3. The Labute approximate surface area is 348 Å². The summed E-state index contributed by atoms with van der Waals surface area (Å²) in [5.41, 5.74) is 20.0. The van der Waals surface area contributed by atoms with Gasteiger partial charge in [-0.05, 0) is 132 Å². The van der Waals surface area contributed by atoms with E-state index in [0.29, 0.717) is 11.3 Å². The van der Waals surface area contributed by atoms with Gasteiger partial charge in [0.05, 0.1) is 34.7 Å². The zero-order valence-corrected chi connectivity index (χ0v) is 32.4. The maximum Gasteiger partial charge on any atom is 0.187 e. The van der Waals surface area contributed by atoms with Gasteiger partial charge in [0.15, 0.2) is 5.69 Å². The highest BCUT2D eigenvalue weighted by Gasteiger charge is 2.51. The summed E-state index contributed by atoms with van der Waals surface area (Å²) in [4.78, 5) is 3.89. The Bertz CT molecular complexity index is 3380. The highest BCUT2D eigenvalue weighted by atomic mass is 15.0. The van der Waals surface area contributed by atoms with Crippen LogP contribution >= 0.6 is 0 Å². The Kier molecular flexibility index (Phi) is 7.27. The molecule has 0 N–H and O–H groups in total. The third-order valence-corrected chi connectivity index (χ3v) is 12.8. The number of hydrogen-bond donors (Lipinski definition) is 0. The van der Waals surface area contributed by atoms with Crippen LogP contribution in [0, 0.1) is 17.9 Å². The Morgan fingerprint density at radius 3 is 1.72 bits per heavy atom. The van der Waals surface area contributed by atoms with E-state index in [9.17, 15) is 5.26 Å². The quantitative estimate of drug-likeness (QED) is 0.165. The molecule has 0 aliphatic heterocycles. The minimum Gasteiger partial charge on any atom is -0.309 e. The molecule has 3 nitrogen and oxygen atoms in total. The van der Waals surface area contributed by atoms with Crippen molar-refractivity contribution in [1.29, 1.82) is 5.26 Å².